The fourth-order valence-electron chi connectivity index (χ4n) is 9.05. The molecule has 0 aromatic carbocycles. The van der Waals surface area contributed by atoms with Crippen LogP contribution in [0.4, 0.5) is 4.79 Å². The average molecular weight is 519 g/mol. The maximum absolute atomic E-state index is 10.2. The summed E-state index contributed by atoms with van der Waals surface area (Å²) in [5.74, 6) is 5.46. The molecule has 4 aliphatic carbocycles. The first-order valence-corrected chi connectivity index (χ1v) is 15.4. The van der Waals surface area contributed by atoms with Crippen LogP contribution in [0.5, 0.6) is 0 Å². The zero-order valence-electron chi connectivity index (χ0n) is 25.1. The van der Waals surface area contributed by atoms with E-state index in [4.69, 9.17) is 5.11 Å². The smallest absolute Gasteiger partial charge is 0.404 e. The van der Waals surface area contributed by atoms with Crippen molar-refractivity contribution in [3.63, 3.8) is 0 Å². The monoisotopic (exact) mass is 518 g/mol. The van der Waals surface area contributed by atoms with Crippen molar-refractivity contribution in [3.05, 3.63) is 11.6 Å². The lowest BCUT2D eigenvalue weighted by molar-refractivity contribution is -0.0573. The van der Waals surface area contributed by atoms with Crippen LogP contribution in [-0.4, -0.2) is 54.5 Å². The fourth-order valence-corrected chi connectivity index (χ4v) is 9.05. The number of nitrogens with zero attached hydrogens (tertiary/aromatic N) is 1. The van der Waals surface area contributed by atoms with E-state index >= 15 is 0 Å². The third-order valence-corrected chi connectivity index (χ3v) is 11.1. The van der Waals surface area contributed by atoms with Gasteiger partial charge in [-0.15, -0.1) is 0 Å². The predicted molar refractivity (Wildman–Crippen MR) is 154 cm³/mol. The molecule has 5 heteroatoms. The maximum atomic E-state index is 10.2. The van der Waals surface area contributed by atoms with Crippen molar-refractivity contribution >= 4 is 6.09 Å². The highest BCUT2D eigenvalue weighted by Crippen LogP contribution is 2.67. The van der Waals surface area contributed by atoms with E-state index < -0.39 is 6.09 Å². The minimum atomic E-state index is -0.961. The molecule has 1 amide bonds. The Kier molecular flexibility index (Phi) is 10.6. The van der Waals surface area contributed by atoms with Crippen molar-refractivity contribution in [1.29, 1.82) is 0 Å². The first kappa shape index (κ1) is 30.5. The van der Waals surface area contributed by atoms with E-state index in [9.17, 15) is 9.90 Å². The van der Waals surface area contributed by atoms with Gasteiger partial charge in [0.25, 0.3) is 0 Å². The molecule has 0 aromatic heterocycles. The van der Waals surface area contributed by atoms with Gasteiger partial charge in [-0.05, 0) is 112 Å². The Morgan fingerprint density at radius 2 is 1.81 bits per heavy atom. The minimum absolute atomic E-state index is 0.0766. The third-order valence-electron chi connectivity index (χ3n) is 11.1. The van der Waals surface area contributed by atoms with Crippen LogP contribution in [0.25, 0.3) is 0 Å². The topological polar surface area (TPSA) is 72.8 Å². The van der Waals surface area contributed by atoms with E-state index in [1.807, 2.05) is 19.0 Å². The molecule has 4 aliphatic rings. The van der Waals surface area contributed by atoms with Crippen LogP contribution in [0.3, 0.4) is 0 Å². The molecule has 0 saturated heterocycles. The second-order valence-corrected chi connectivity index (χ2v) is 14.2. The number of carboxylic acid groups (broad SMARTS) is 1. The Balaban J connectivity index is 0.000000364. The Bertz CT molecular complexity index is 780. The Morgan fingerprint density at radius 1 is 1.08 bits per heavy atom. The van der Waals surface area contributed by atoms with E-state index in [-0.39, 0.29) is 6.10 Å². The number of hydrogen-bond acceptors (Lipinski definition) is 3. The van der Waals surface area contributed by atoms with Gasteiger partial charge in [0.1, 0.15) is 0 Å². The van der Waals surface area contributed by atoms with Gasteiger partial charge in [-0.2, -0.15) is 0 Å². The number of nitrogens with one attached hydrogen (secondary N) is 1. The van der Waals surface area contributed by atoms with Crippen molar-refractivity contribution in [3.8, 4) is 0 Å². The summed E-state index contributed by atoms with van der Waals surface area (Å²) in [7, 11) is 3.78. The van der Waals surface area contributed by atoms with Gasteiger partial charge < -0.3 is 20.4 Å². The molecule has 0 spiro atoms. The number of aliphatic hydroxyl groups excluding tert-OH is 1. The lowest BCUT2D eigenvalue weighted by Gasteiger charge is -2.58. The predicted octanol–water partition coefficient (Wildman–Crippen LogP) is 7.20. The summed E-state index contributed by atoms with van der Waals surface area (Å²) in [5, 5.41) is 20.6. The third kappa shape index (κ3) is 7.12. The second kappa shape index (κ2) is 12.9. The molecule has 3 fully saturated rings. The number of fused-ring (bicyclic) bond motifs is 5. The molecule has 0 aliphatic heterocycles. The van der Waals surface area contributed by atoms with E-state index in [0.717, 1.165) is 54.9 Å². The highest BCUT2D eigenvalue weighted by atomic mass is 16.4. The van der Waals surface area contributed by atoms with Gasteiger partial charge in [0.2, 0.25) is 0 Å². The average Bonchev–Trinajstić information content (AvgIpc) is 3.16. The molecule has 0 radical (unpaired) electrons. The molecular weight excluding hydrogens is 460 g/mol. The first-order valence-electron chi connectivity index (χ1n) is 15.4. The summed E-state index contributed by atoms with van der Waals surface area (Å²) in [6.07, 6.45) is 16.2. The Labute approximate surface area is 227 Å². The van der Waals surface area contributed by atoms with Crippen LogP contribution in [-0.2, 0) is 0 Å². The summed E-state index contributed by atoms with van der Waals surface area (Å²) in [6.45, 7) is 13.8. The normalized spacial score (nSPS) is 37.6. The molecular formula is C32H58N2O3. The fraction of sp³-hybridized carbons (Fsp3) is 0.906. The van der Waals surface area contributed by atoms with Crippen LogP contribution in [0.15, 0.2) is 11.6 Å². The number of allylic oxidation sites excluding steroid dienone is 1. The van der Waals surface area contributed by atoms with Gasteiger partial charge in [-0.25, -0.2) is 4.79 Å². The molecule has 1 unspecified atom stereocenters. The van der Waals surface area contributed by atoms with Crippen molar-refractivity contribution in [2.24, 2.45) is 46.3 Å². The number of hydrogen-bond donors (Lipinski definition) is 3. The van der Waals surface area contributed by atoms with Crippen LogP contribution in [0, 0.1) is 46.3 Å². The number of aliphatic hydroxyl groups is 1. The number of likely N-dealkylation sites (N-methyl/N-ethyl adjacent to an activating group) is 1. The molecule has 0 heterocycles. The summed E-state index contributed by atoms with van der Waals surface area (Å²) < 4.78 is 0. The molecule has 214 valence electrons. The van der Waals surface area contributed by atoms with Gasteiger partial charge in [-0.1, -0.05) is 65.5 Å². The highest BCUT2D eigenvalue weighted by Gasteiger charge is 2.59. The van der Waals surface area contributed by atoms with Crippen molar-refractivity contribution in [1.82, 2.24) is 10.2 Å². The maximum Gasteiger partial charge on any atom is 0.404 e. The van der Waals surface area contributed by atoms with Gasteiger partial charge >= 0.3 is 6.09 Å². The summed E-state index contributed by atoms with van der Waals surface area (Å²) in [6, 6.07) is 0. The zero-order chi connectivity index (χ0) is 27.4. The van der Waals surface area contributed by atoms with Gasteiger partial charge in [0.15, 0.2) is 0 Å². The molecule has 8 atom stereocenters. The second-order valence-electron chi connectivity index (χ2n) is 14.2. The SMILES string of the molecule is CC(C)CCCC(C)[C@H]1CC[C@H]2[C@@H]3CC=C4C[C@@H](O)CC[C@]4(C)[C@H]3CC[C@]12C.CN(C)CCNC(=O)O. The minimum Gasteiger partial charge on any atom is -0.465 e. The Hall–Kier alpha value is -1.07. The van der Waals surface area contributed by atoms with Crippen LogP contribution in [0.1, 0.15) is 105 Å². The standard InChI is InChI=1S/C27H46O.C5H12N2O2/c1-18(2)7-6-8-19(3)23-11-12-24-22-10-9-20-17-21(28)13-15-26(20,4)25(22)14-16-27(23,24)5;1-7(2)4-3-6-5(8)9/h9,18-19,21-25,28H,6-8,10-17H2,1-5H3;6H,3-4H2,1-2H3,(H,8,9)/t19?,21-,22-,23+,24-,25-,26-,27+;/m0./s1. The lowest BCUT2D eigenvalue weighted by Crippen LogP contribution is -2.50. The van der Waals surface area contributed by atoms with Crippen LogP contribution >= 0.6 is 0 Å². The van der Waals surface area contributed by atoms with E-state index in [1.165, 1.54) is 57.8 Å². The summed E-state index contributed by atoms with van der Waals surface area (Å²) in [5.41, 5.74) is 2.60. The van der Waals surface area contributed by atoms with Gasteiger partial charge in [0.05, 0.1) is 6.10 Å². The molecule has 5 nitrogen and oxygen atoms in total. The first-order chi connectivity index (χ1) is 17.4. The van der Waals surface area contributed by atoms with E-state index in [1.54, 1.807) is 5.57 Å². The number of amides is 1. The quantitative estimate of drug-likeness (QED) is 0.297. The van der Waals surface area contributed by atoms with Crippen LogP contribution < -0.4 is 5.32 Å². The van der Waals surface area contributed by atoms with Crippen molar-refractivity contribution < 1.29 is 15.0 Å². The molecule has 0 bridgehead atoms. The molecule has 3 N–H and O–H groups in total. The summed E-state index contributed by atoms with van der Waals surface area (Å²) >= 11 is 0. The van der Waals surface area contributed by atoms with E-state index in [0.29, 0.717) is 17.4 Å². The van der Waals surface area contributed by atoms with Gasteiger partial charge in [-0.3, -0.25) is 0 Å². The molecule has 0 aromatic rings. The number of carbonyl (C=O) groups is 1. The lowest BCUT2D eigenvalue weighted by atomic mass is 9.47. The van der Waals surface area contributed by atoms with Crippen molar-refractivity contribution in [2.45, 2.75) is 111 Å². The van der Waals surface area contributed by atoms with Gasteiger partial charge in [0, 0.05) is 13.1 Å². The molecule has 4 rings (SSSR count). The van der Waals surface area contributed by atoms with Crippen LogP contribution in [0.2, 0.25) is 0 Å². The van der Waals surface area contributed by atoms with E-state index in [2.05, 4.69) is 46.0 Å². The molecule has 3 saturated carbocycles. The summed E-state index contributed by atoms with van der Waals surface area (Å²) in [4.78, 5) is 11.8. The largest absolute Gasteiger partial charge is 0.465 e. The van der Waals surface area contributed by atoms with Crippen molar-refractivity contribution in [2.75, 3.05) is 27.2 Å². The molecule has 37 heavy (non-hydrogen) atoms. The Morgan fingerprint density at radius 3 is 2.46 bits per heavy atom. The number of rotatable bonds is 8. The zero-order valence-corrected chi connectivity index (χ0v) is 25.1. The highest BCUT2D eigenvalue weighted by molar-refractivity contribution is 5.64.